The van der Waals surface area contributed by atoms with Gasteiger partial charge in [-0.15, -0.1) is 0 Å². The van der Waals surface area contributed by atoms with E-state index in [-0.39, 0.29) is 31.1 Å². The molecule has 0 aliphatic carbocycles. The lowest BCUT2D eigenvalue weighted by atomic mass is 10.0. The number of hydrogen-bond acceptors (Lipinski definition) is 6. The van der Waals surface area contributed by atoms with Crippen molar-refractivity contribution in [3.8, 4) is 0 Å². The largest absolute Gasteiger partial charge is 0.462 e. The molecule has 0 aliphatic rings. The first-order chi connectivity index (χ1) is 31.5. The maximum absolute atomic E-state index is 12.8. The van der Waals surface area contributed by atoms with Gasteiger partial charge in [-0.25, -0.2) is 0 Å². The predicted octanol–water partition coefficient (Wildman–Crippen LogP) is 17.6. The standard InChI is InChI=1S/C58H98O6/c1-4-7-10-13-16-19-22-25-27-28-29-30-32-33-36-39-42-45-48-51-57(60)63-54-55(53-62-56(59)50-47-44-41-38-35-24-21-18-15-12-9-6-3)64-58(61)52-49-46-43-40-37-34-31-26-23-20-17-14-11-8-5-2/h8,11,16-17,19-20,25-27,29-31,33,36,55H,4-7,9-10,12-15,18,21-24,28,32,34-35,37-54H2,1-3H3/b11-8-,19-16-,20-17-,27-25-,30-29-,31-26-,36-33-/t55-/m1/s1. The molecule has 0 spiro atoms. The van der Waals surface area contributed by atoms with Gasteiger partial charge in [0.25, 0.3) is 0 Å². The maximum Gasteiger partial charge on any atom is 0.306 e. The minimum absolute atomic E-state index is 0.0929. The fourth-order valence-corrected chi connectivity index (χ4v) is 7.15. The maximum atomic E-state index is 12.8. The van der Waals surface area contributed by atoms with E-state index in [9.17, 15) is 14.4 Å². The fourth-order valence-electron chi connectivity index (χ4n) is 7.15. The molecule has 0 aromatic heterocycles. The van der Waals surface area contributed by atoms with Gasteiger partial charge >= 0.3 is 17.9 Å². The Morgan fingerprint density at radius 3 is 1.00 bits per heavy atom. The molecule has 366 valence electrons. The number of unbranched alkanes of at least 4 members (excludes halogenated alkanes) is 22. The van der Waals surface area contributed by atoms with Gasteiger partial charge in [-0.3, -0.25) is 14.4 Å². The Hall–Kier alpha value is -3.41. The molecule has 6 nitrogen and oxygen atoms in total. The number of carbonyl (C=O) groups is 3. The first kappa shape index (κ1) is 60.6. The summed E-state index contributed by atoms with van der Waals surface area (Å²) in [6, 6.07) is 0. The van der Waals surface area contributed by atoms with Crippen LogP contribution in [-0.4, -0.2) is 37.2 Å². The summed E-state index contributed by atoms with van der Waals surface area (Å²) >= 11 is 0. The molecule has 0 rings (SSSR count). The van der Waals surface area contributed by atoms with Gasteiger partial charge < -0.3 is 14.2 Å². The van der Waals surface area contributed by atoms with Gasteiger partial charge in [0.2, 0.25) is 0 Å². The van der Waals surface area contributed by atoms with Gasteiger partial charge in [-0.1, -0.05) is 215 Å². The zero-order valence-corrected chi connectivity index (χ0v) is 41.8. The topological polar surface area (TPSA) is 78.9 Å². The molecular formula is C58H98O6. The Labute approximate surface area is 395 Å². The van der Waals surface area contributed by atoms with Crippen LogP contribution in [0.15, 0.2) is 85.1 Å². The second kappa shape index (κ2) is 52.2. The monoisotopic (exact) mass is 891 g/mol. The van der Waals surface area contributed by atoms with Crippen LogP contribution in [0.5, 0.6) is 0 Å². The lowest BCUT2D eigenvalue weighted by Gasteiger charge is -2.18. The Kier molecular flexibility index (Phi) is 49.4. The Bertz CT molecular complexity index is 1250. The number of rotatable bonds is 47. The Morgan fingerprint density at radius 1 is 0.328 bits per heavy atom. The first-order valence-electron chi connectivity index (χ1n) is 26.6. The molecule has 0 aliphatic heterocycles. The molecule has 0 saturated heterocycles. The Morgan fingerprint density at radius 2 is 0.609 bits per heavy atom. The van der Waals surface area contributed by atoms with E-state index in [1.54, 1.807) is 0 Å². The molecule has 0 radical (unpaired) electrons. The van der Waals surface area contributed by atoms with Gasteiger partial charge in [0.1, 0.15) is 13.2 Å². The second-order valence-electron chi connectivity index (χ2n) is 17.4. The van der Waals surface area contributed by atoms with E-state index < -0.39 is 6.10 Å². The number of allylic oxidation sites excluding steroid dienone is 14. The van der Waals surface area contributed by atoms with Gasteiger partial charge in [0.15, 0.2) is 6.10 Å². The summed E-state index contributed by atoms with van der Waals surface area (Å²) in [6.45, 7) is 6.45. The summed E-state index contributed by atoms with van der Waals surface area (Å²) in [7, 11) is 0. The van der Waals surface area contributed by atoms with Crippen LogP contribution in [0.2, 0.25) is 0 Å². The van der Waals surface area contributed by atoms with Gasteiger partial charge in [-0.2, -0.15) is 0 Å². The van der Waals surface area contributed by atoms with E-state index in [0.717, 1.165) is 122 Å². The normalized spacial score (nSPS) is 12.7. The van der Waals surface area contributed by atoms with Gasteiger partial charge in [0.05, 0.1) is 0 Å². The van der Waals surface area contributed by atoms with Crippen LogP contribution < -0.4 is 0 Å². The second-order valence-corrected chi connectivity index (χ2v) is 17.4. The highest BCUT2D eigenvalue weighted by Gasteiger charge is 2.19. The molecule has 0 N–H and O–H groups in total. The summed E-state index contributed by atoms with van der Waals surface area (Å²) in [5.41, 5.74) is 0. The summed E-state index contributed by atoms with van der Waals surface area (Å²) in [5, 5.41) is 0. The smallest absolute Gasteiger partial charge is 0.306 e. The molecule has 0 bridgehead atoms. The van der Waals surface area contributed by atoms with Crippen molar-refractivity contribution in [2.75, 3.05) is 13.2 Å². The number of ether oxygens (including phenoxy) is 3. The summed E-state index contributed by atoms with van der Waals surface area (Å²) in [6.07, 6.45) is 67.0. The van der Waals surface area contributed by atoms with Crippen LogP contribution in [0.4, 0.5) is 0 Å². The number of esters is 3. The first-order valence-corrected chi connectivity index (χ1v) is 26.6. The highest BCUT2D eigenvalue weighted by molar-refractivity contribution is 5.71. The highest BCUT2D eigenvalue weighted by atomic mass is 16.6. The third kappa shape index (κ3) is 49.6. The van der Waals surface area contributed by atoms with Gasteiger partial charge in [0, 0.05) is 19.3 Å². The summed E-state index contributed by atoms with van der Waals surface area (Å²) in [5.74, 6) is -0.941. The van der Waals surface area contributed by atoms with Crippen LogP contribution in [0.3, 0.4) is 0 Å². The van der Waals surface area contributed by atoms with Crippen LogP contribution in [0.1, 0.15) is 245 Å². The van der Waals surface area contributed by atoms with E-state index in [2.05, 4.69) is 106 Å². The van der Waals surface area contributed by atoms with E-state index in [1.165, 1.54) is 83.5 Å². The van der Waals surface area contributed by atoms with Crippen molar-refractivity contribution in [2.24, 2.45) is 0 Å². The highest BCUT2D eigenvalue weighted by Crippen LogP contribution is 2.14. The third-order valence-electron chi connectivity index (χ3n) is 11.1. The van der Waals surface area contributed by atoms with E-state index in [4.69, 9.17) is 14.2 Å². The zero-order valence-electron chi connectivity index (χ0n) is 41.8. The van der Waals surface area contributed by atoms with Crippen LogP contribution >= 0.6 is 0 Å². The van der Waals surface area contributed by atoms with E-state index in [0.29, 0.717) is 19.3 Å². The Balaban J connectivity index is 4.46. The molecular weight excluding hydrogens is 793 g/mol. The molecule has 0 amide bonds. The zero-order chi connectivity index (χ0) is 46.5. The van der Waals surface area contributed by atoms with Crippen LogP contribution in [-0.2, 0) is 28.6 Å². The number of carbonyl (C=O) groups excluding carboxylic acids is 3. The molecule has 0 unspecified atom stereocenters. The quantitative estimate of drug-likeness (QED) is 0.0262. The minimum atomic E-state index is -0.797. The molecule has 0 saturated carbocycles. The van der Waals surface area contributed by atoms with Crippen molar-refractivity contribution in [2.45, 2.75) is 252 Å². The average molecular weight is 891 g/mol. The molecule has 1 atom stereocenters. The van der Waals surface area contributed by atoms with E-state index in [1.807, 2.05) is 0 Å². The molecule has 64 heavy (non-hydrogen) atoms. The van der Waals surface area contributed by atoms with E-state index >= 15 is 0 Å². The fraction of sp³-hybridized carbons (Fsp3) is 0.707. The third-order valence-corrected chi connectivity index (χ3v) is 11.1. The summed E-state index contributed by atoms with van der Waals surface area (Å²) in [4.78, 5) is 38.0. The van der Waals surface area contributed by atoms with Crippen molar-refractivity contribution in [3.05, 3.63) is 85.1 Å². The van der Waals surface area contributed by atoms with Crippen molar-refractivity contribution in [1.29, 1.82) is 0 Å². The van der Waals surface area contributed by atoms with Crippen molar-refractivity contribution < 1.29 is 28.6 Å². The molecule has 0 fully saturated rings. The molecule has 6 heteroatoms. The minimum Gasteiger partial charge on any atom is -0.462 e. The molecule has 0 heterocycles. The SMILES string of the molecule is CC/C=C\C/C=C\C/C=C\CCCCCCCC(=O)O[C@@H](COC(=O)CCCCC/C=C\C/C=C\C/C=C\C/C=C\CCCCC)COC(=O)CCCCCCCCCCCCCC. The van der Waals surface area contributed by atoms with Crippen molar-refractivity contribution in [1.82, 2.24) is 0 Å². The van der Waals surface area contributed by atoms with Crippen molar-refractivity contribution >= 4 is 17.9 Å². The predicted molar refractivity (Wildman–Crippen MR) is 274 cm³/mol. The lowest BCUT2D eigenvalue weighted by molar-refractivity contribution is -0.167. The number of hydrogen-bond donors (Lipinski definition) is 0. The average Bonchev–Trinajstić information content (AvgIpc) is 3.29. The molecule has 0 aromatic rings. The summed E-state index contributed by atoms with van der Waals surface area (Å²) < 4.78 is 16.8. The lowest BCUT2D eigenvalue weighted by Crippen LogP contribution is -2.30. The van der Waals surface area contributed by atoms with Gasteiger partial charge in [-0.05, 0) is 96.3 Å². The van der Waals surface area contributed by atoms with Crippen LogP contribution in [0.25, 0.3) is 0 Å². The van der Waals surface area contributed by atoms with Crippen molar-refractivity contribution in [3.63, 3.8) is 0 Å². The van der Waals surface area contributed by atoms with Crippen LogP contribution in [0, 0.1) is 0 Å². The molecule has 0 aromatic carbocycles.